The first kappa shape index (κ1) is 19.3. The Kier molecular flexibility index (Phi) is 5.98. The van der Waals surface area contributed by atoms with E-state index in [1.165, 1.54) is 0 Å². The molecule has 0 N–H and O–H groups in total. The topological polar surface area (TPSA) is 64.8 Å². The van der Waals surface area contributed by atoms with Crippen LogP contribution in [0.4, 0.5) is 0 Å². The lowest BCUT2D eigenvalue weighted by atomic mass is 9.97. The summed E-state index contributed by atoms with van der Waals surface area (Å²) in [5, 5.41) is 0. The molecule has 6 heteroatoms. The average molecular weight is 394 g/mol. The highest BCUT2D eigenvalue weighted by atomic mass is 16.5. The number of hydrogen-bond acceptors (Lipinski definition) is 5. The molecule has 0 saturated carbocycles. The third-order valence-electron chi connectivity index (χ3n) is 5.17. The van der Waals surface area contributed by atoms with Crippen LogP contribution in [0.5, 0.6) is 11.5 Å². The number of aromatic nitrogens is 1. The maximum Gasteiger partial charge on any atom is 0.260 e. The number of carbonyl (C=O) groups excluding carboxylic acids is 1. The zero-order chi connectivity index (χ0) is 20.1. The molecule has 29 heavy (non-hydrogen) atoms. The molecule has 1 aliphatic rings. The fraction of sp³-hybridized carbons (Fsp3) is 0.391. The molecule has 0 spiro atoms. The molecule has 4 rings (SSSR count). The van der Waals surface area contributed by atoms with Gasteiger partial charge in [-0.15, -0.1) is 0 Å². The van der Waals surface area contributed by atoms with Gasteiger partial charge in [0.15, 0.2) is 18.1 Å². The van der Waals surface area contributed by atoms with Gasteiger partial charge in [0.1, 0.15) is 17.0 Å². The number of piperidine rings is 1. The van der Waals surface area contributed by atoms with Crippen molar-refractivity contribution in [1.29, 1.82) is 0 Å². The Hall–Kier alpha value is -3.02. The summed E-state index contributed by atoms with van der Waals surface area (Å²) in [6.07, 6.45) is 2.67. The SMILES string of the molecule is CCCOc1ccc(OCC(=O)N2CCC(c3nc4ccccc4o3)CC2)cc1. The first-order valence-electron chi connectivity index (χ1n) is 10.2. The van der Waals surface area contributed by atoms with Crippen molar-refractivity contribution < 1.29 is 18.7 Å². The van der Waals surface area contributed by atoms with Crippen molar-refractivity contribution in [3.05, 3.63) is 54.4 Å². The Balaban J connectivity index is 1.25. The first-order chi connectivity index (χ1) is 14.2. The van der Waals surface area contributed by atoms with Crippen molar-refractivity contribution in [1.82, 2.24) is 9.88 Å². The summed E-state index contributed by atoms with van der Waals surface area (Å²) in [6.45, 7) is 4.19. The molecule has 3 aromatic rings. The molecule has 1 saturated heterocycles. The van der Waals surface area contributed by atoms with E-state index in [1.807, 2.05) is 53.4 Å². The lowest BCUT2D eigenvalue weighted by Gasteiger charge is -2.30. The molecule has 2 aromatic carbocycles. The number of carbonyl (C=O) groups is 1. The van der Waals surface area contributed by atoms with Gasteiger partial charge in [0.05, 0.1) is 6.61 Å². The minimum Gasteiger partial charge on any atom is -0.494 e. The normalized spacial score (nSPS) is 14.9. The zero-order valence-electron chi connectivity index (χ0n) is 16.7. The summed E-state index contributed by atoms with van der Waals surface area (Å²) in [5.41, 5.74) is 1.71. The molecule has 1 fully saturated rings. The highest BCUT2D eigenvalue weighted by Gasteiger charge is 2.27. The van der Waals surface area contributed by atoms with Crippen molar-refractivity contribution in [3.8, 4) is 11.5 Å². The van der Waals surface area contributed by atoms with E-state index in [9.17, 15) is 4.79 Å². The van der Waals surface area contributed by atoms with Gasteiger partial charge in [-0.05, 0) is 55.7 Å². The lowest BCUT2D eigenvalue weighted by Crippen LogP contribution is -2.40. The van der Waals surface area contributed by atoms with Crippen LogP contribution in [0.2, 0.25) is 0 Å². The zero-order valence-corrected chi connectivity index (χ0v) is 16.7. The number of hydrogen-bond donors (Lipinski definition) is 0. The standard InChI is InChI=1S/C23H26N2O4/c1-2-15-27-18-7-9-19(10-8-18)28-16-22(26)25-13-11-17(12-14-25)23-24-20-5-3-4-6-21(20)29-23/h3-10,17H,2,11-16H2,1H3. The van der Waals surface area contributed by atoms with E-state index >= 15 is 0 Å². The third kappa shape index (κ3) is 4.70. The summed E-state index contributed by atoms with van der Waals surface area (Å²) in [5.74, 6) is 2.52. The molecule has 0 atom stereocenters. The van der Waals surface area contributed by atoms with Crippen LogP contribution in [-0.4, -0.2) is 42.1 Å². The van der Waals surface area contributed by atoms with E-state index in [1.54, 1.807) is 0 Å². The summed E-state index contributed by atoms with van der Waals surface area (Å²) in [7, 11) is 0. The number of ether oxygens (including phenoxy) is 2. The fourth-order valence-electron chi connectivity index (χ4n) is 3.53. The van der Waals surface area contributed by atoms with Gasteiger partial charge in [-0.3, -0.25) is 4.79 Å². The number of fused-ring (bicyclic) bond motifs is 1. The smallest absolute Gasteiger partial charge is 0.260 e. The van der Waals surface area contributed by atoms with Crippen LogP contribution in [0.3, 0.4) is 0 Å². The minimum atomic E-state index is 0.00678. The van der Waals surface area contributed by atoms with E-state index in [2.05, 4.69) is 11.9 Å². The summed E-state index contributed by atoms with van der Waals surface area (Å²) < 4.78 is 17.1. The quantitative estimate of drug-likeness (QED) is 0.594. The van der Waals surface area contributed by atoms with Gasteiger partial charge in [0.2, 0.25) is 0 Å². The van der Waals surface area contributed by atoms with Gasteiger partial charge in [-0.1, -0.05) is 19.1 Å². The maximum absolute atomic E-state index is 12.5. The van der Waals surface area contributed by atoms with Gasteiger partial charge in [-0.25, -0.2) is 4.98 Å². The van der Waals surface area contributed by atoms with Gasteiger partial charge in [0.25, 0.3) is 5.91 Å². The monoisotopic (exact) mass is 394 g/mol. The summed E-state index contributed by atoms with van der Waals surface area (Å²) in [6, 6.07) is 15.2. The average Bonchev–Trinajstić information content (AvgIpc) is 3.21. The van der Waals surface area contributed by atoms with Crippen molar-refractivity contribution in [3.63, 3.8) is 0 Å². The largest absolute Gasteiger partial charge is 0.494 e. The molecule has 0 aliphatic carbocycles. The van der Waals surface area contributed by atoms with Gasteiger partial charge in [0, 0.05) is 19.0 Å². The Labute approximate surface area is 170 Å². The number of oxazole rings is 1. The second-order valence-electron chi connectivity index (χ2n) is 7.28. The van der Waals surface area contributed by atoms with E-state index in [4.69, 9.17) is 13.9 Å². The maximum atomic E-state index is 12.5. The molecule has 0 bridgehead atoms. The molecule has 6 nitrogen and oxygen atoms in total. The first-order valence-corrected chi connectivity index (χ1v) is 10.2. The van der Waals surface area contributed by atoms with E-state index in [0.29, 0.717) is 25.4 Å². The van der Waals surface area contributed by atoms with Gasteiger partial charge < -0.3 is 18.8 Å². The number of rotatable bonds is 7. The van der Waals surface area contributed by atoms with E-state index in [0.717, 1.165) is 42.0 Å². The second kappa shape index (κ2) is 8.99. The van der Waals surface area contributed by atoms with Crippen molar-refractivity contribution in [2.45, 2.75) is 32.1 Å². The van der Waals surface area contributed by atoms with Crippen LogP contribution in [0.25, 0.3) is 11.1 Å². The summed E-state index contributed by atoms with van der Waals surface area (Å²) >= 11 is 0. The molecule has 2 heterocycles. The molecular formula is C23H26N2O4. The Bertz CT molecular complexity index is 910. The van der Waals surface area contributed by atoms with Crippen LogP contribution in [-0.2, 0) is 4.79 Å². The second-order valence-corrected chi connectivity index (χ2v) is 7.28. The Morgan fingerprint density at radius 2 is 1.76 bits per heavy atom. The molecule has 152 valence electrons. The number of para-hydroxylation sites is 2. The molecular weight excluding hydrogens is 368 g/mol. The highest BCUT2D eigenvalue weighted by molar-refractivity contribution is 5.78. The molecule has 1 aromatic heterocycles. The Morgan fingerprint density at radius 3 is 2.45 bits per heavy atom. The van der Waals surface area contributed by atoms with Crippen LogP contribution < -0.4 is 9.47 Å². The lowest BCUT2D eigenvalue weighted by molar-refractivity contribution is -0.134. The van der Waals surface area contributed by atoms with E-state index < -0.39 is 0 Å². The molecule has 0 unspecified atom stereocenters. The van der Waals surface area contributed by atoms with Gasteiger partial charge >= 0.3 is 0 Å². The molecule has 1 aliphatic heterocycles. The predicted molar refractivity (Wildman–Crippen MR) is 110 cm³/mol. The van der Waals surface area contributed by atoms with Crippen molar-refractivity contribution in [2.24, 2.45) is 0 Å². The number of amides is 1. The highest BCUT2D eigenvalue weighted by Crippen LogP contribution is 2.30. The van der Waals surface area contributed by atoms with Crippen LogP contribution in [0.15, 0.2) is 52.9 Å². The third-order valence-corrected chi connectivity index (χ3v) is 5.17. The minimum absolute atomic E-state index is 0.00678. The number of benzene rings is 2. The van der Waals surface area contributed by atoms with Crippen LogP contribution in [0.1, 0.15) is 38.0 Å². The molecule has 1 amide bonds. The van der Waals surface area contributed by atoms with Crippen LogP contribution in [0, 0.1) is 0 Å². The Morgan fingerprint density at radius 1 is 1.07 bits per heavy atom. The van der Waals surface area contributed by atoms with Gasteiger partial charge in [-0.2, -0.15) is 0 Å². The molecule has 0 radical (unpaired) electrons. The van der Waals surface area contributed by atoms with Crippen LogP contribution >= 0.6 is 0 Å². The summed E-state index contributed by atoms with van der Waals surface area (Å²) in [4.78, 5) is 19.0. The fourth-order valence-corrected chi connectivity index (χ4v) is 3.53. The number of likely N-dealkylation sites (tertiary alicyclic amines) is 1. The van der Waals surface area contributed by atoms with Crippen molar-refractivity contribution in [2.75, 3.05) is 26.3 Å². The number of nitrogens with zero attached hydrogens (tertiary/aromatic N) is 2. The predicted octanol–water partition coefficient (Wildman–Crippen LogP) is 4.40. The van der Waals surface area contributed by atoms with Crippen molar-refractivity contribution >= 4 is 17.0 Å². The van der Waals surface area contributed by atoms with E-state index in [-0.39, 0.29) is 18.4 Å².